The summed E-state index contributed by atoms with van der Waals surface area (Å²) >= 11 is 0. The van der Waals surface area contributed by atoms with Gasteiger partial charge in [-0.1, -0.05) is 42.5 Å². The van der Waals surface area contributed by atoms with Gasteiger partial charge in [0, 0.05) is 29.1 Å². The number of nitrogens with zero attached hydrogens (tertiary/aromatic N) is 1. The SMILES string of the molecule is COc1ccc(NS(=O)(=O)c2ccc(N(C)C(=O)c3ccccc3)c3ccccc23)cc1. The number of hydrogen-bond donors (Lipinski definition) is 1. The summed E-state index contributed by atoms with van der Waals surface area (Å²) in [6.45, 7) is 0. The van der Waals surface area contributed by atoms with E-state index in [0.29, 0.717) is 33.5 Å². The average molecular weight is 447 g/mol. The third kappa shape index (κ3) is 4.15. The van der Waals surface area contributed by atoms with Crippen LogP contribution in [0, 0.1) is 0 Å². The maximum absolute atomic E-state index is 13.2. The maximum Gasteiger partial charge on any atom is 0.262 e. The zero-order chi connectivity index (χ0) is 22.7. The summed E-state index contributed by atoms with van der Waals surface area (Å²) in [5.74, 6) is 0.455. The Labute approximate surface area is 187 Å². The highest BCUT2D eigenvalue weighted by molar-refractivity contribution is 7.93. The quantitative estimate of drug-likeness (QED) is 0.456. The first-order valence-corrected chi connectivity index (χ1v) is 11.4. The number of ether oxygens (including phenoxy) is 1. The number of anilines is 2. The summed E-state index contributed by atoms with van der Waals surface area (Å²) in [6, 6.07) is 25.9. The van der Waals surface area contributed by atoms with Crippen LogP contribution in [0.4, 0.5) is 11.4 Å². The maximum atomic E-state index is 13.2. The van der Waals surface area contributed by atoms with Gasteiger partial charge in [0.15, 0.2) is 0 Å². The molecule has 4 aromatic carbocycles. The number of carbonyl (C=O) groups excluding carboxylic acids is 1. The van der Waals surface area contributed by atoms with Crippen molar-refractivity contribution in [3.63, 3.8) is 0 Å². The van der Waals surface area contributed by atoms with E-state index in [4.69, 9.17) is 4.74 Å². The molecule has 1 N–H and O–H groups in total. The molecule has 0 aromatic heterocycles. The zero-order valence-electron chi connectivity index (χ0n) is 17.6. The molecule has 0 unspecified atom stereocenters. The first-order chi connectivity index (χ1) is 15.4. The molecule has 7 heteroatoms. The molecule has 0 aliphatic heterocycles. The molecule has 4 rings (SSSR count). The van der Waals surface area contributed by atoms with Gasteiger partial charge in [0.2, 0.25) is 0 Å². The summed E-state index contributed by atoms with van der Waals surface area (Å²) < 4.78 is 34.1. The summed E-state index contributed by atoms with van der Waals surface area (Å²) in [7, 11) is -0.639. The van der Waals surface area contributed by atoms with E-state index in [1.54, 1.807) is 80.9 Å². The fraction of sp³-hybridized carbons (Fsp3) is 0.0800. The van der Waals surface area contributed by atoms with Crippen LogP contribution in [0.25, 0.3) is 10.8 Å². The van der Waals surface area contributed by atoms with Gasteiger partial charge in [-0.25, -0.2) is 8.42 Å². The topological polar surface area (TPSA) is 75.7 Å². The van der Waals surface area contributed by atoms with Gasteiger partial charge in [-0.15, -0.1) is 0 Å². The summed E-state index contributed by atoms with van der Waals surface area (Å²) in [6.07, 6.45) is 0. The van der Waals surface area contributed by atoms with Gasteiger partial charge >= 0.3 is 0 Å². The molecule has 0 aliphatic rings. The predicted octanol–water partition coefficient (Wildman–Crippen LogP) is 4.93. The van der Waals surface area contributed by atoms with E-state index in [9.17, 15) is 13.2 Å². The Kier molecular flexibility index (Phi) is 5.83. The number of methoxy groups -OCH3 is 1. The van der Waals surface area contributed by atoms with Gasteiger partial charge in [-0.2, -0.15) is 0 Å². The second-order valence-electron chi connectivity index (χ2n) is 7.19. The Morgan fingerprint density at radius 1 is 0.812 bits per heavy atom. The van der Waals surface area contributed by atoms with Crippen molar-refractivity contribution in [1.82, 2.24) is 0 Å². The smallest absolute Gasteiger partial charge is 0.262 e. The molecule has 0 heterocycles. The molecule has 0 saturated heterocycles. The van der Waals surface area contributed by atoms with Gasteiger partial charge < -0.3 is 9.64 Å². The second kappa shape index (κ2) is 8.72. The van der Waals surface area contributed by atoms with Gasteiger partial charge in [0.05, 0.1) is 17.7 Å². The number of fused-ring (bicyclic) bond motifs is 1. The third-order valence-electron chi connectivity index (χ3n) is 5.18. The zero-order valence-corrected chi connectivity index (χ0v) is 18.5. The van der Waals surface area contributed by atoms with E-state index in [2.05, 4.69) is 4.72 Å². The van der Waals surface area contributed by atoms with Crippen molar-refractivity contribution in [2.24, 2.45) is 0 Å². The molecule has 6 nitrogen and oxygen atoms in total. The molecule has 0 radical (unpaired) electrons. The van der Waals surface area contributed by atoms with Crippen LogP contribution >= 0.6 is 0 Å². The molecule has 0 fully saturated rings. The number of hydrogen-bond acceptors (Lipinski definition) is 4. The predicted molar refractivity (Wildman–Crippen MR) is 127 cm³/mol. The Bertz CT molecular complexity index is 1370. The lowest BCUT2D eigenvalue weighted by Crippen LogP contribution is -2.26. The molecule has 0 spiro atoms. The minimum absolute atomic E-state index is 0.133. The van der Waals surface area contributed by atoms with E-state index in [1.807, 2.05) is 18.2 Å². The Hall–Kier alpha value is -3.84. The van der Waals surface area contributed by atoms with Crippen LogP contribution in [0.15, 0.2) is 95.9 Å². The van der Waals surface area contributed by atoms with Crippen LogP contribution in [0.3, 0.4) is 0 Å². The Morgan fingerprint density at radius 3 is 2.09 bits per heavy atom. The summed E-state index contributed by atoms with van der Waals surface area (Å²) in [5, 5.41) is 1.19. The number of carbonyl (C=O) groups is 1. The minimum Gasteiger partial charge on any atom is -0.497 e. The standard InChI is InChI=1S/C25H22N2O4S/c1-27(25(28)18-8-4-3-5-9-18)23-16-17-24(22-11-7-6-10-21(22)23)32(29,30)26-19-12-14-20(31-2)15-13-19/h3-17,26H,1-2H3. The molecule has 0 atom stereocenters. The summed E-state index contributed by atoms with van der Waals surface area (Å²) in [5.41, 5.74) is 1.60. The monoisotopic (exact) mass is 446 g/mol. The van der Waals surface area contributed by atoms with Gasteiger partial charge in [0.25, 0.3) is 15.9 Å². The van der Waals surface area contributed by atoms with Crippen LogP contribution < -0.4 is 14.4 Å². The van der Waals surface area contributed by atoms with Crippen molar-refractivity contribution in [3.8, 4) is 5.75 Å². The van der Waals surface area contributed by atoms with E-state index >= 15 is 0 Å². The van der Waals surface area contributed by atoms with Crippen molar-refractivity contribution in [2.45, 2.75) is 4.90 Å². The fourth-order valence-corrected chi connectivity index (χ4v) is 4.81. The normalized spacial score (nSPS) is 11.2. The van der Waals surface area contributed by atoms with Crippen LogP contribution in [0.1, 0.15) is 10.4 Å². The van der Waals surface area contributed by atoms with Crippen molar-refractivity contribution in [3.05, 3.63) is 96.6 Å². The average Bonchev–Trinajstić information content (AvgIpc) is 2.83. The molecule has 162 valence electrons. The van der Waals surface area contributed by atoms with E-state index in [-0.39, 0.29) is 10.8 Å². The van der Waals surface area contributed by atoms with Crippen LogP contribution in [0.5, 0.6) is 5.75 Å². The van der Waals surface area contributed by atoms with Crippen molar-refractivity contribution in [1.29, 1.82) is 0 Å². The molecule has 1 amide bonds. The lowest BCUT2D eigenvalue weighted by atomic mass is 10.1. The molecule has 32 heavy (non-hydrogen) atoms. The largest absolute Gasteiger partial charge is 0.497 e. The van der Waals surface area contributed by atoms with Crippen LogP contribution in [0.2, 0.25) is 0 Å². The number of amides is 1. The van der Waals surface area contributed by atoms with Gasteiger partial charge in [0.1, 0.15) is 5.75 Å². The van der Waals surface area contributed by atoms with E-state index in [1.165, 1.54) is 11.0 Å². The highest BCUT2D eigenvalue weighted by Gasteiger charge is 2.22. The number of benzene rings is 4. The van der Waals surface area contributed by atoms with Crippen molar-refractivity contribution in [2.75, 3.05) is 23.8 Å². The first kappa shape index (κ1) is 21.4. The fourth-order valence-electron chi connectivity index (χ4n) is 3.54. The van der Waals surface area contributed by atoms with Crippen molar-refractivity contribution < 1.29 is 17.9 Å². The Morgan fingerprint density at radius 2 is 1.44 bits per heavy atom. The lowest BCUT2D eigenvalue weighted by Gasteiger charge is -2.21. The third-order valence-corrected chi connectivity index (χ3v) is 6.62. The molecular formula is C25H22N2O4S. The highest BCUT2D eigenvalue weighted by Crippen LogP contribution is 2.33. The van der Waals surface area contributed by atoms with E-state index in [0.717, 1.165) is 0 Å². The lowest BCUT2D eigenvalue weighted by molar-refractivity contribution is 0.0993. The molecule has 0 saturated carbocycles. The van der Waals surface area contributed by atoms with Gasteiger partial charge in [-0.3, -0.25) is 9.52 Å². The minimum atomic E-state index is -3.87. The van der Waals surface area contributed by atoms with Crippen molar-refractivity contribution >= 4 is 38.1 Å². The first-order valence-electron chi connectivity index (χ1n) is 9.92. The van der Waals surface area contributed by atoms with Crippen LogP contribution in [-0.2, 0) is 10.0 Å². The summed E-state index contributed by atoms with van der Waals surface area (Å²) in [4.78, 5) is 14.6. The molecule has 0 bridgehead atoms. The van der Waals surface area contributed by atoms with E-state index < -0.39 is 10.0 Å². The van der Waals surface area contributed by atoms with Crippen LogP contribution in [-0.4, -0.2) is 28.5 Å². The molecule has 0 aliphatic carbocycles. The molecule has 4 aromatic rings. The number of nitrogens with one attached hydrogen (secondary N) is 1. The second-order valence-corrected chi connectivity index (χ2v) is 8.84. The Balaban J connectivity index is 1.74. The highest BCUT2D eigenvalue weighted by atomic mass is 32.2. The van der Waals surface area contributed by atoms with Gasteiger partial charge in [-0.05, 0) is 48.5 Å². The number of sulfonamides is 1. The molecular weight excluding hydrogens is 424 g/mol. The number of rotatable bonds is 6.